The molecule has 282 valence electrons. The highest BCUT2D eigenvalue weighted by Gasteiger charge is 2.45. The molecule has 0 amide bonds. The zero-order chi connectivity index (χ0) is 37.2. The molecule has 0 aromatic rings. The van der Waals surface area contributed by atoms with E-state index in [1.54, 1.807) is 0 Å². The summed E-state index contributed by atoms with van der Waals surface area (Å²) in [5, 5.41) is 1.01. The second kappa shape index (κ2) is 19.6. The highest BCUT2D eigenvalue weighted by atomic mass is 79.9. The van der Waals surface area contributed by atoms with E-state index in [9.17, 15) is 0 Å². The molecular weight excluding hydrogens is 717 g/mol. The molecule has 0 aromatic carbocycles. The van der Waals surface area contributed by atoms with Crippen LogP contribution in [0, 0.1) is 0 Å². The van der Waals surface area contributed by atoms with Crippen molar-refractivity contribution in [3.63, 3.8) is 0 Å². The molecule has 10 heteroatoms. The van der Waals surface area contributed by atoms with Gasteiger partial charge < -0.3 is 22.8 Å². The second-order valence-corrected chi connectivity index (χ2v) is 40.3. The number of halogens is 1. The lowest BCUT2D eigenvalue weighted by molar-refractivity contribution is -0.125. The van der Waals surface area contributed by atoms with Crippen molar-refractivity contribution in [2.75, 3.05) is 25.3 Å². The Bertz CT molecular complexity index is 895. The van der Waals surface area contributed by atoms with Crippen LogP contribution in [0.1, 0.15) is 103 Å². The van der Waals surface area contributed by atoms with Crippen molar-refractivity contribution in [1.82, 2.24) is 0 Å². The SMILES string of the molecule is CC(C)[Si](OC/C=C(/CBr)C[C@@H](C[C@@H](OCOCC[Si](C)(C)C)[C@@H](C)O[Si](C)(C)C(C)(C)C)O[Si](C)(C)C(C)(C)C)(C(C)C)C(C)C. The van der Waals surface area contributed by atoms with Crippen LogP contribution in [-0.2, 0) is 22.8 Å². The van der Waals surface area contributed by atoms with E-state index in [4.69, 9.17) is 22.8 Å². The van der Waals surface area contributed by atoms with Crippen LogP contribution in [0.3, 0.4) is 0 Å². The molecule has 0 aliphatic rings. The van der Waals surface area contributed by atoms with Crippen molar-refractivity contribution < 1.29 is 22.8 Å². The topological polar surface area (TPSA) is 46.2 Å². The summed E-state index contributed by atoms with van der Waals surface area (Å²) in [4.78, 5) is 0. The molecule has 0 heterocycles. The number of alkyl halides is 1. The molecule has 0 bridgehead atoms. The third-order valence-corrected chi connectivity index (χ3v) is 28.6. The van der Waals surface area contributed by atoms with E-state index in [-0.39, 0.29) is 35.2 Å². The average molecular weight is 798 g/mol. The Balaban J connectivity index is 6.42. The Morgan fingerprint density at radius 1 is 0.723 bits per heavy atom. The molecule has 0 unspecified atom stereocenters. The number of hydrogen-bond acceptors (Lipinski definition) is 5. The lowest BCUT2D eigenvalue weighted by Crippen LogP contribution is -2.49. The monoisotopic (exact) mass is 796 g/mol. The lowest BCUT2D eigenvalue weighted by atomic mass is 10.0. The van der Waals surface area contributed by atoms with Crippen LogP contribution in [0.25, 0.3) is 0 Å². The molecule has 0 radical (unpaired) electrons. The fourth-order valence-electron chi connectivity index (χ4n) is 6.00. The second-order valence-electron chi connectivity index (χ2n) is 19.2. The Morgan fingerprint density at radius 2 is 1.19 bits per heavy atom. The summed E-state index contributed by atoms with van der Waals surface area (Å²) in [7, 11) is -7.23. The van der Waals surface area contributed by atoms with Gasteiger partial charge in [0.1, 0.15) is 6.79 Å². The first-order valence-corrected chi connectivity index (χ1v) is 31.2. The van der Waals surface area contributed by atoms with E-state index in [0.717, 1.165) is 30.8 Å². The molecule has 0 rings (SSSR count). The van der Waals surface area contributed by atoms with Gasteiger partial charge in [-0.05, 0) is 72.3 Å². The Labute approximate surface area is 307 Å². The van der Waals surface area contributed by atoms with E-state index in [1.807, 2.05) is 0 Å². The van der Waals surface area contributed by atoms with Crippen LogP contribution in [0.5, 0.6) is 0 Å². The van der Waals surface area contributed by atoms with Crippen molar-refractivity contribution in [1.29, 1.82) is 0 Å². The minimum Gasteiger partial charge on any atom is -0.414 e. The summed E-state index contributed by atoms with van der Waals surface area (Å²) in [6.07, 6.45) is 3.71. The minimum atomic E-state index is -2.08. The van der Waals surface area contributed by atoms with Gasteiger partial charge in [-0.25, -0.2) is 0 Å². The largest absolute Gasteiger partial charge is 0.414 e. The van der Waals surface area contributed by atoms with Crippen molar-refractivity contribution in [3.8, 4) is 0 Å². The van der Waals surface area contributed by atoms with Gasteiger partial charge in [-0.1, -0.05) is 130 Å². The maximum Gasteiger partial charge on any atom is 0.200 e. The molecule has 0 spiro atoms. The van der Waals surface area contributed by atoms with Gasteiger partial charge in [0.05, 0.1) is 24.9 Å². The Kier molecular flexibility index (Phi) is 20.0. The standard InChI is InChI=1S/C37H81BrO5Si4/c1-29(2)47(30(3)4,31(5)6)41-22-21-33(27-38)25-34(43-46(19,20)37(11,12)13)26-35(40-28-39-23-24-44(14,15)16)32(7)42-45(17,18)36(8,9)10/h21,29-32,34-35H,22-28H2,1-20H3/b33-21+/t32-,34+,35-/m1/s1. The molecule has 47 heavy (non-hydrogen) atoms. The van der Waals surface area contributed by atoms with E-state index in [1.165, 1.54) is 5.57 Å². The highest BCUT2D eigenvalue weighted by Crippen LogP contribution is 2.43. The summed E-state index contributed by atoms with van der Waals surface area (Å²) in [5.41, 5.74) is 3.01. The van der Waals surface area contributed by atoms with Gasteiger partial charge in [0.2, 0.25) is 8.32 Å². The average Bonchev–Trinajstić information content (AvgIpc) is 2.86. The first-order valence-electron chi connectivity index (χ1n) is 18.5. The molecule has 0 aliphatic heterocycles. The van der Waals surface area contributed by atoms with E-state index < -0.39 is 33.0 Å². The zero-order valence-corrected chi connectivity index (χ0v) is 40.5. The van der Waals surface area contributed by atoms with E-state index in [2.05, 4.69) is 158 Å². The third-order valence-electron chi connectivity index (χ3n) is 11.0. The van der Waals surface area contributed by atoms with Crippen LogP contribution in [-0.4, -0.2) is 76.7 Å². The Morgan fingerprint density at radius 3 is 1.60 bits per heavy atom. The fraction of sp³-hybridized carbons (Fsp3) is 0.946. The van der Waals surface area contributed by atoms with Gasteiger partial charge in [-0.3, -0.25) is 0 Å². The van der Waals surface area contributed by atoms with Gasteiger partial charge >= 0.3 is 0 Å². The van der Waals surface area contributed by atoms with Gasteiger partial charge in [0, 0.05) is 26.4 Å². The molecule has 0 saturated heterocycles. The molecule has 5 nitrogen and oxygen atoms in total. The quantitative estimate of drug-likeness (QED) is 0.0359. The van der Waals surface area contributed by atoms with Crippen molar-refractivity contribution >= 4 is 49.0 Å². The zero-order valence-electron chi connectivity index (χ0n) is 34.9. The predicted molar refractivity (Wildman–Crippen MR) is 222 cm³/mol. The Hall–Kier alpha value is 0.888. The number of rotatable bonds is 22. The van der Waals surface area contributed by atoms with Gasteiger partial charge in [0.15, 0.2) is 16.6 Å². The first kappa shape index (κ1) is 47.9. The van der Waals surface area contributed by atoms with Gasteiger partial charge in [0.25, 0.3) is 0 Å². The normalized spacial score (nSPS) is 16.8. The predicted octanol–water partition coefficient (Wildman–Crippen LogP) is 12.8. The van der Waals surface area contributed by atoms with Gasteiger partial charge in [-0.15, -0.1) is 0 Å². The molecule has 0 saturated carbocycles. The number of ether oxygens (including phenoxy) is 2. The van der Waals surface area contributed by atoms with Crippen molar-refractivity contribution in [2.45, 2.75) is 200 Å². The maximum absolute atomic E-state index is 7.23. The molecule has 0 aromatic heterocycles. The van der Waals surface area contributed by atoms with Crippen molar-refractivity contribution in [3.05, 3.63) is 11.6 Å². The van der Waals surface area contributed by atoms with E-state index >= 15 is 0 Å². The lowest BCUT2D eigenvalue weighted by Gasteiger charge is -2.43. The summed E-state index contributed by atoms with van der Waals surface area (Å²) in [6, 6.07) is 1.13. The summed E-state index contributed by atoms with van der Waals surface area (Å²) >= 11 is 3.84. The third kappa shape index (κ3) is 16.0. The van der Waals surface area contributed by atoms with Gasteiger partial charge in [-0.2, -0.15) is 0 Å². The summed E-state index contributed by atoms with van der Waals surface area (Å²) < 4.78 is 33.8. The van der Waals surface area contributed by atoms with Crippen molar-refractivity contribution in [2.24, 2.45) is 0 Å². The number of hydrogen-bond donors (Lipinski definition) is 0. The molecule has 0 aliphatic carbocycles. The first-order chi connectivity index (χ1) is 21.0. The maximum atomic E-state index is 7.23. The van der Waals surface area contributed by atoms with Crippen LogP contribution in [0.2, 0.25) is 78.6 Å². The van der Waals surface area contributed by atoms with Crippen LogP contribution in [0.4, 0.5) is 0 Å². The van der Waals surface area contributed by atoms with Crippen LogP contribution in [0.15, 0.2) is 11.6 Å². The van der Waals surface area contributed by atoms with E-state index in [0.29, 0.717) is 23.2 Å². The fourth-order valence-corrected chi connectivity index (χ4v) is 15.4. The smallest absolute Gasteiger partial charge is 0.200 e. The van der Waals surface area contributed by atoms with Crippen LogP contribution < -0.4 is 0 Å². The molecule has 0 N–H and O–H groups in total. The summed E-state index contributed by atoms with van der Waals surface area (Å²) in [5.74, 6) is 0. The summed E-state index contributed by atoms with van der Waals surface area (Å²) in [6.45, 7) is 48.4. The highest BCUT2D eigenvalue weighted by molar-refractivity contribution is 9.09. The van der Waals surface area contributed by atoms with Crippen LogP contribution >= 0.6 is 15.9 Å². The molecular formula is C37H81BrO5Si4. The molecule has 3 atom stereocenters. The minimum absolute atomic E-state index is 0.000520. The molecule has 0 fully saturated rings.